The quantitative estimate of drug-likeness (QED) is 0.691. The maximum Gasteiger partial charge on any atom is 0.332 e. The fraction of sp³-hybridized carbons (Fsp3) is 0.900. The van der Waals surface area contributed by atoms with E-state index in [1.807, 2.05) is 0 Å². The fourth-order valence-corrected chi connectivity index (χ4v) is 2.01. The zero-order valence-electron chi connectivity index (χ0n) is 7.91. The highest BCUT2D eigenvalue weighted by Crippen LogP contribution is 2.24. The predicted molar refractivity (Wildman–Crippen MR) is 49.5 cm³/mol. The third-order valence-corrected chi connectivity index (χ3v) is 2.85. The molecule has 0 radical (unpaired) electrons. The SMILES string of the molecule is O=C(O)[C@H](O)C1CCCCCCC1. The van der Waals surface area contributed by atoms with Crippen LogP contribution in [0.3, 0.4) is 0 Å². The Hall–Kier alpha value is -0.570. The molecule has 0 saturated heterocycles. The molecule has 1 aliphatic carbocycles. The van der Waals surface area contributed by atoms with E-state index in [0.29, 0.717) is 0 Å². The molecule has 0 heterocycles. The third-order valence-electron chi connectivity index (χ3n) is 2.85. The van der Waals surface area contributed by atoms with Gasteiger partial charge in [-0.15, -0.1) is 0 Å². The van der Waals surface area contributed by atoms with Gasteiger partial charge in [-0.2, -0.15) is 0 Å². The van der Waals surface area contributed by atoms with Gasteiger partial charge in [-0.05, 0) is 18.8 Å². The van der Waals surface area contributed by atoms with Crippen LogP contribution in [0.15, 0.2) is 0 Å². The average Bonchev–Trinajstić information content (AvgIpc) is 2.02. The molecular formula is C10H18O3. The topological polar surface area (TPSA) is 57.5 Å². The van der Waals surface area contributed by atoms with Gasteiger partial charge in [0, 0.05) is 0 Å². The van der Waals surface area contributed by atoms with Crippen LogP contribution < -0.4 is 0 Å². The van der Waals surface area contributed by atoms with Gasteiger partial charge in [-0.25, -0.2) is 4.79 Å². The summed E-state index contributed by atoms with van der Waals surface area (Å²) in [5.41, 5.74) is 0. The number of hydrogen-bond donors (Lipinski definition) is 2. The van der Waals surface area contributed by atoms with E-state index in [1.165, 1.54) is 19.3 Å². The van der Waals surface area contributed by atoms with Crippen molar-refractivity contribution in [1.82, 2.24) is 0 Å². The molecule has 0 aliphatic heterocycles. The molecule has 1 rings (SSSR count). The second-order valence-electron chi connectivity index (χ2n) is 3.89. The molecule has 0 amide bonds. The Bertz CT molecular complexity index is 160. The van der Waals surface area contributed by atoms with Crippen molar-refractivity contribution < 1.29 is 15.0 Å². The summed E-state index contributed by atoms with van der Waals surface area (Å²) in [5, 5.41) is 18.0. The van der Waals surface area contributed by atoms with Crippen molar-refractivity contribution in [2.24, 2.45) is 5.92 Å². The van der Waals surface area contributed by atoms with Crippen LogP contribution in [0.5, 0.6) is 0 Å². The van der Waals surface area contributed by atoms with Crippen LogP contribution in [-0.4, -0.2) is 22.3 Å². The van der Waals surface area contributed by atoms with Crippen molar-refractivity contribution in [2.75, 3.05) is 0 Å². The van der Waals surface area contributed by atoms with Gasteiger partial charge in [-0.1, -0.05) is 32.1 Å². The Morgan fingerprint density at radius 1 is 1.08 bits per heavy atom. The Balaban J connectivity index is 2.40. The van der Waals surface area contributed by atoms with Gasteiger partial charge in [0.25, 0.3) is 0 Å². The Morgan fingerprint density at radius 3 is 2.00 bits per heavy atom. The molecule has 3 heteroatoms. The minimum Gasteiger partial charge on any atom is -0.479 e. The molecule has 0 unspecified atom stereocenters. The number of hydrogen-bond acceptors (Lipinski definition) is 2. The molecule has 13 heavy (non-hydrogen) atoms. The van der Waals surface area contributed by atoms with Gasteiger partial charge < -0.3 is 10.2 Å². The molecule has 1 saturated carbocycles. The summed E-state index contributed by atoms with van der Waals surface area (Å²) in [4.78, 5) is 10.5. The lowest BCUT2D eigenvalue weighted by Gasteiger charge is -2.21. The fourth-order valence-electron chi connectivity index (χ4n) is 2.01. The molecule has 1 atom stereocenters. The molecule has 0 aromatic heterocycles. The second kappa shape index (κ2) is 5.22. The van der Waals surface area contributed by atoms with Crippen LogP contribution in [0.25, 0.3) is 0 Å². The summed E-state index contributed by atoms with van der Waals surface area (Å²) in [7, 11) is 0. The van der Waals surface area contributed by atoms with Crippen molar-refractivity contribution in [3.05, 3.63) is 0 Å². The van der Waals surface area contributed by atoms with Crippen molar-refractivity contribution in [2.45, 2.75) is 51.0 Å². The van der Waals surface area contributed by atoms with Crippen molar-refractivity contribution in [1.29, 1.82) is 0 Å². The second-order valence-corrected chi connectivity index (χ2v) is 3.89. The van der Waals surface area contributed by atoms with Gasteiger partial charge in [0.2, 0.25) is 0 Å². The summed E-state index contributed by atoms with van der Waals surface area (Å²) in [5.74, 6) is -1.08. The zero-order valence-corrected chi connectivity index (χ0v) is 7.91. The monoisotopic (exact) mass is 186 g/mol. The first-order valence-electron chi connectivity index (χ1n) is 5.12. The summed E-state index contributed by atoms with van der Waals surface area (Å²) in [6.07, 6.45) is 6.35. The van der Waals surface area contributed by atoms with Crippen molar-refractivity contribution >= 4 is 5.97 Å². The van der Waals surface area contributed by atoms with E-state index in [2.05, 4.69) is 0 Å². The van der Waals surface area contributed by atoms with Crippen molar-refractivity contribution in [3.8, 4) is 0 Å². The summed E-state index contributed by atoms with van der Waals surface area (Å²) in [6, 6.07) is 0. The smallest absolute Gasteiger partial charge is 0.332 e. The summed E-state index contributed by atoms with van der Waals surface area (Å²) in [6.45, 7) is 0. The highest BCUT2D eigenvalue weighted by atomic mass is 16.4. The Morgan fingerprint density at radius 2 is 1.54 bits per heavy atom. The number of carboxylic acid groups (broad SMARTS) is 1. The number of aliphatic carboxylic acids is 1. The van der Waals surface area contributed by atoms with Crippen LogP contribution in [0.1, 0.15) is 44.9 Å². The molecule has 76 valence electrons. The lowest BCUT2D eigenvalue weighted by molar-refractivity contribution is -0.150. The Kier molecular flexibility index (Phi) is 4.22. The molecule has 1 aliphatic rings. The molecule has 0 aromatic carbocycles. The van der Waals surface area contributed by atoms with E-state index in [4.69, 9.17) is 5.11 Å². The lowest BCUT2D eigenvalue weighted by atomic mass is 9.87. The minimum absolute atomic E-state index is 0.0159. The van der Waals surface area contributed by atoms with Crippen LogP contribution in [0.2, 0.25) is 0 Å². The number of carboxylic acids is 1. The molecule has 0 aromatic rings. The van der Waals surface area contributed by atoms with Gasteiger partial charge >= 0.3 is 5.97 Å². The maximum atomic E-state index is 10.5. The number of carbonyl (C=O) groups is 1. The largest absolute Gasteiger partial charge is 0.479 e. The van der Waals surface area contributed by atoms with E-state index >= 15 is 0 Å². The number of rotatable bonds is 2. The first-order chi connectivity index (χ1) is 6.22. The van der Waals surface area contributed by atoms with Crippen LogP contribution >= 0.6 is 0 Å². The predicted octanol–water partition coefficient (Wildman–Crippen LogP) is 1.79. The highest BCUT2D eigenvalue weighted by molar-refractivity contribution is 5.72. The van der Waals surface area contributed by atoms with Gasteiger partial charge in [0.1, 0.15) is 0 Å². The Labute approximate surface area is 78.8 Å². The van der Waals surface area contributed by atoms with E-state index < -0.39 is 12.1 Å². The van der Waals surface area contributed by atoms with Crippen molar-refractivity contribution in [3.63, 3.8) is 0 Å². The normalized spacial score (nSPS) is 23.2. The molecule has 0 bridgehead atoms. The van der Waals surface area contributed by atoms with Gasteiger partial charge in [0.05, 0.1) is 0 Å². The molecular weight excluding hydrogens is 168 g/mol. The zero-order chi connectivity index (χ0) is 9.68. The number of aliphatic hydroxyl groups is 1. The molecule has 2 N–H and O–H groups in total. The van der Waals surface area contributed by atoms with E-state index in [9.17, 15) is 9.90 Å². The maximum absolute atomic E-state index is 10.5. The summed E-state index contributed by atoms with van der Waals surface area (Å²) < 4.78 is 0. The van der Waals surface area contributed by atoms with E-state index in [0.717, 1.165) is 25.7 Å². The molecule has 1 fully saturated rings. The van der Waals surface area contributed by atoms with Gasteiger partial charge in [-0.3, -0.25) is 0 Å². The average molecular weight is 186 g/mol. The van der Waals surface area contributed by atoms with Gasteiger partial charge in [0.15, 0.2) is 6.10 Å². The first-order valence-corrected chi connectivity index (χ1v) is 5.12. The van der Waals surface area contributed by atoms with E-state index in [1.54, 1.807) is 0 Å². The van der Waals surface area contributed by atoms with E-state index in [-0.39, 0.29) is 5.92 Å². The van der Waals surface area contributed by atoms with Crippen LogP contribution in [0, 0.1) is 5.92 Å². The molecule has 3 nitrogen and oxygen atoms in total. The van der Waals surface area contributed by atoms with Crippen LogP contribution in [-0.2, 0) is 4.79 Å². The lowest BCUT2D eigenvalue weighted by Crippen LogP contribution is -2.29. The van der Waals surface area contributed by atoms with Crippen LogP contribution in [0.4, 0.5) is 0 Å². The third kappa shape index (κ3) is 3.35. The molecule has 0 spiro atoms. The first kappa shape index (κ1) is 10.5. The minimum atomic E-state index is -1.14. The number of aliphatic hydroxyl groups excluding tert-OH is 1. The standard InChI is InChI=1S/C10H18O3/c11-9(10(12)13)8-6-4-2-1-3-5-7-8/h8-9,11H,1-7H2,(H,12,13)/t9-/m1/s1. The summed E-state index contributed by atoms with van der Waals surface area (Å²) >= 11 is 0. The highest BCUT2D eigenvalue weighted by Gasteiger charge is 2.25.